The molecule has 3 aromatic carbocycles. The molecule has 1 aliphatic heterocycles. The van der Waals surface area contributed by atoms with Crippen molar-refractivity contribution in [2.75, 3.05) is 4.90 Å². The van der Waals surface area contributed by atoms with Crippen molar-refractivity contribution >= 4 is 28.3 Å². The third-order valence-electron chi connectivity index (χ3n) is 6.99. The third kappa shape index (κ3) is 4.52. The molecule has 7 heteroatoms. The van der Waals surface area contributed by atoms with Gasteiger partial charge in [-0.3, -0.25) is 9.59 Å². The van der Waals surface area contributed by atoms with E-state index >= 15 is 0 Å². The number of fused-ring (bicyclic) bond motifs is 2. The Kier molecular flexibility index (Phi) is 6.52. The molecule has 5 nitrogen and oxygen atoms in total. The Morgan fingerprint density at radius 2 is 1.77 bits per heavy atom. The van der Waals surface area contributed by atoms with Gasteiger partial charge in [-0.05, 0) is 55.2 Å². The lowest BCUT2D eigenvalue weighted by Gasteiger charge is -2.29. The van der Waals surface area contributed by atoms with Crippen molar-refractivity contribution in [2.45, 2.75) is 55.0 Å². The monoisotopic (exact) mass is 490 g/mol. The summed E-state index contributed by atoms with van der Waals surface area (Å²) in [6.07, 6.45) is 4.28. The smallest absolute Gasteiger partial charge is 0.259 e. The second-order valence-corrected chi connectivity index (χ2v) is 10.7. The minimum absolute atomic E-state index is 0.0469. The Morgan fingerprint density at radius 3 is 2.57 bits per heavy atom. The van der Waals surface area contributed by atoms with E-state index in [1.807, 2.05) is 0 Å². The van der Waals surface area contributed by atoms with Gasteiger partial charge < -0.3 is 10.2 Å². The van der Waals surface area contributed by atoms with E-state index in [9.17, 15) is 18.2 Å². The molecule has 180 valence electrons. The molecule has 0 aromatic heterocycles. The van der Waals surface area contributed by atoms with Crippen molar-refractivity contribution in [3.63, 3.8) is 0 Å². The van der Waals surface area contributed by atoms with E-state index in [1.54, 1.807) is 60.7 Å². The van der Waals surface area contributed by atoms with E-state index in [1.165, 1.54) is 17.4 Å². The second-order valence-electron chi connectivity index (χ2n) is 9.27. The Bertz CT molecular complexity index is 1330. The molecule has 0 spiro atoms. The van der Waals surface area contributed by atoms with Crippen molar-refractivity contribution in [2.24, 2.45) is 5.92 Å². The number of halogens is 1. The van der Waals surface area contributed by atoms with E-state index < -0.39 is 16.6 Å². The molecule has 1 aliphatic carbocycles. The summed E-state index contributed by atoms with van der Waals surface area (Å²) < 4.78 is 28.1. The molecule has 0 unspecified atom stereocenters. The minimum Gasteiger partial charge on any atom is -0.349 e. The van der Waals surface area contributed by atoms with Crippen LogP contribution in [0, 0.1) is 11.7 Å². The lowest BCUT2D eigenvalue weighted by Crippen LogP contribution is -2.41. The highest BCUT2D eigenvalue weighted by Crippen LogP contribution is 2.36. The molecule has 3 aromatic rings. The summed E-state index contributed by atoms with van der Waals surface area (Å²) in [6, 6.07) is 18.0. The molecule has 3 atom stereocenters. The number of benzene rings is 3. The molecule has 0 bridgehead atoms. The molecule has 2 amide bonds. The first-order chi connectivity index (χ1) is 16.9. The van der Waals surface area contributed by atoms with Crippen molar-refractivity contribution in [1.29, 1.82) is 0 Å². The normalized spacial score (nSPS) is 21.6. The maximum atomic E-state index is 14.6. The van der Waals surface area contributed by atoms with E-state index in [2.05, 4.69) is 12.2 Å². The molecule has 1 N–H and O–H groups in total. The van der Waals surface area contributed by atoms with E-state index in [-0.39, 0.29) is 24.4 Å². The average molecular weight is 491 g/mol. The molecular weight excluding hydrogens is 463 g/mol. The van der Waals surface area contributed by atoms with Crippen LogP contribution < -0.4 is 10.2 Å². The molecule has 1 saturated carbocycles. The molecule has 35 heavy (non-hydrogen) atoms. The predicted molar refractivity (Wildman–Crippen MR) is 133 cm³/mol. The minimum atomic E-state index is -1.63. The SMILES string of the molecule is C[C@@H]1CCCC[C@H]1NC(=O)c1ccc2c(c1)N(Cc1ccccc1F)C(=O)c1ccccc1[S@@]2=O. The lowest BCUT2D eigenvalue weighted by atomic mass is 9.86. The van der Waals surface area contributed by atoms with Gasteiger partial charge in [-0.1, -0.05) is 50.1 Å². The summed E-state index contributed by atoms with van der Waals surface area (Å²) >= 11 is 0. The summed E-state index contributed by atoms with van der Waals surface area (Å²) in [7, 11) is -1.63. The van der Waals surface area contributed by atoms with Crippen molar-refractivity contribution in [1.82, 2.24) is 5.32 Å². The lowest BCUT2D eigenvalue weighted by molar-refractivity contribution is 0.0908. The largest absolute Gasteiger partial charge is 0.349 e. The topological polar surface area (TPSA) is 66.5 Å². The summed E-state index contributed by atoms with van der Waals surface area (Å²) in [4.78, 5) is 29.1. The zero-order valence-electron chi connectivity index (χ0n) is 19.5. The van der Waals surface area contributed by atoms with Gasteiger partial charge in [-0.15, -0.1) is 0 Å². The van der Waals surface area contributed by atoms with Gasteiger partial charge in [0.25, 0.3) is 11.8 Å². The van der Waals surface area contributed by atoms with E-state index in [4.69, 9.17) is 0 Å². The van der Waals surface area contributed by atoms with E-state index in [0.717, 1.165) is 19.3 Å². The van der Waals surface area contributed by atoms with Crippen LogP contribution in [0.3, 0.4) is 0 Å². The van der Waals surface area contributed by atoms with Crippen LogP contribution in [0.1, 0.15) is 58.9 Å². The van der Waals surface area contributed by atoms with Gasteiger partial charge in [0.05, 0.1) is 38.4 Å². The van der Waals surface area contributed by atoms with Crippen LogP contribution in [0.2, 0.25) is 0 Å². The van der Waals surface area contributed by atoms with E-state index in [0.29, 0.717) is 38.1 Å². The Morgan fingerprint density at radius 1 is 1.03 bits per heavy atom. The van der Waals surface area contributed by atoms with Crippen LogP contribution in [0.25, 0.3) is 0 Å². The highest BCUT2D eigenvalue weighted by atomic mass is 32.2. The van der Waals surface area contributed by atoms with Crippen LogP contribution in [0.15, 0.2) is 76.5 Å². The van der Waals surface area contributed by atoms with Gasteiger partial charge in [-0.25, -0.2) is 8.60 Å². The molecular formula is C28H27FN2O3S. The van der Waals surface area contributed by atoms with Crippen LogP contribution in [0.5, 0.6) is 0 Å². The highest BCUT2D eigenvalue weighted by molar-refractivity contribution is 7.85. The summed E-state index contributed by atoms with van der Waals surface area (Å²) in [5.74, 6) is -0.637. The fourth-order valence-electron chi connectivity index (χ4n) is 4.94. The molecule has 5 rings (SSSR count). The van der Waals surface area contributed by atoms with Gasteiger partial charge in [0.2, 0.25) is 0 Å². The number of hydrogen-bond donors (Lipinski definition) is 1. The fraction of sp³-hybridized carbons (Fsp3) is 0.286. The Labute approximate surface area is 206 Å². The summed E-state index contributed by atoms with van der Waals surface area (Å²) in [5.41, 5.74) is 1.39. The fourth-order valence-corrected chi connectivity index (χ4v) is 6.29. The number of carbonyl (C=O) groups excluding carboxylic acids is 2. The van der Waals surface area contributed by atoms with Gasteiger partial charge >= 0.3 is 0 Å². The van der Waals surface area contributed by atoms with Crippen LogP contribution in [-0.2, 0) is 17.3 Å². The number of nitrogens with one attached hydrogen (secondary N) is 1. The summed E-state index contributed by atoms with van der Waals surface area (Å²) in [6.45, 7) is 2.10. The molecule has 1 fully saturated rings. The zero-order chi connectivity index (χ0) is 24.5. The van der Waals surface area contributed by atoms with Gasteiger partial charge in [-0.2, -0.15) is 0 Å². The van der Waals surface area contributed by atoms with Gasteiger partial charge in [0.1, 0.15) is 5.82 Å². The summed E-state index contributed by atoms with van der Waals surface area (Å²) in [5, 5.41) is 3.14. The van der Waals surface area contributed by atoms with Gasteiger partial charge in [0.15, 0.2) is 0 Å². The Balaban J connectivity index is 1.57. The number of nitrogens with zero attached hydrogens (tertiary/aromatic N) is 1. The number of amides is 2. The predicted octanol–water partition coefficient (Wildman–Crippen LogP) is 5.46. The molecule has 0 saturated heterocycles. The highest BCUT2D eigenvalue weighted by Gasteiger charge is 2.32. The first kappa shape index (κ1) is 23.4. The molecule has 2 aliphatic rings. The van der Waals surface area contributed by atoms with Gasteiger partial charge in [0, 0.05) is 17.2 Å². The van der Waals surface area contributed by atoms with Crippen molar-refractivity contribution in [3.8, 4) is 0 Å². The average Bonchev–Trinajstić information content (AvgIpc) is 2.96. The van der Waals surface area contributed by atoms with Crippen LogP contribution in [0.4, 0.5) is 10.1 Å². The first-order valence-electron chi connectivity index (χ1n) is 11.9. The third-order valence-corrected chi connectivity index (χ3v) is 8.49. The number of hydrogen-bond acceptors (Lipinski definition) is 3. The second kappa shape index (κ2) is 9.74. The van der Waals surface area contributed by atoms with Crippen LogP contribution in [-0.4, -0.2) is 22.1 Å². The number of carbonyl (C=O) groups is 2. The van der Waals surface area contributed by atoms with Crippen molar-refractivity contribution in [3.05, 3.63) is 89.2 Å². The first-order valence-corrected chi connectivity index (χ1v) is 13.1. The molecule has 0 radical (unpaired) electrons. The number of rotatable bonds is 4. The quantitative estimate of drug-likeness (QED) is 0.528. The zero-order valence-corrected chi connectivity index (χ0v) is 20.3. The maximum Gasteiger partial charge on any atom is 0.259 e. The molecule has 1 heterocycles. The van der Waals surface area contributed by atoms with Crippen LogP contribution >= 0.6 is 0 Å². The van der Waals surface area contributed by atoms with Crippen molar-refractivity contribution < 1.29 is 18.2 Å². The number of anilines is 1. The standard InChI is InChI=1S/C28H27FN2O3S/c1-18-8-2-6-12-23(18)30-27(32)19-14-15-26-24(16-19)31(17-20-9-3-5-11-22(20)29)28(33)21-10-4-7-13-25(21)35(26)34/h3-5,7,9-11,13-16,18,23H,2,6,8,12,17H2,1H3,(H,30,32)/t18-,23-,35+/m1/s1. The maximum absolute atomic E-state index is 14.6. The Hall–Kier alpha value is -3.32.